The molecule has 0 amide bonds. The van der Waals surface area contributed by atoms with Gasteiger partial charge < -0.3 is 0 Å². The van der Waals surface area contributed by atoms with Crippen LogP contribution in [0.5, 0.6) is 0 Å². The van der Waals surface area contributed by atoms with Crippen molar-refractivity contribution in [2.75, 3.05) is 5.33 Å². The SMILES string of the molecule is ClC1=CC=C(CBr)CC1Cl. The van der Waals surface area contributed by atoms with E-state index in [-0.39, 0.29) is 5.38 Å². The van der Waals surface area contributed by atoms with E-state index in [4.69, 9.17) is 23.2 Å². The van der Waals surface area contributed by atoms with Crippen molar-refractivity contribution in [2.45, 2.75) is 11.8 Å². The minimum atomic E-state index is -0.0146. The summed E-state index contributed by atoms with van der Waals surface area (Å²) in [7, 11) is 0. The largest absolute Gasteiger partial charge is 0.116 e. The maximum Gasteiger partial charge on any atom is 0.0729 e. The molecule has 56 valence electrons. The zero-order chi connectivity index (χ0) is 7.56. The maximum absolute atomic E-state index is 5.88. The van der Waals surface area contributed by atoms with Crippen LogP contribution in [0.4, 0.5) is 0 Å². The van der Waals surface area contributed by atoms with Gasteiger partial charge in [-0.3, -0.25) is 0 Å². The summed E-state index contributed by atoms with van der Waals surface area (Å²) in [6, 6.07) is 0. The van der Waals surface area contributed by atoms with E-state index >= 15 is 0 Å². The lowest BCUT2D eigenvalue weighted by Gasteiger charge is -2.13. The van der Waals surface area contributed by atoms with E-state index in [0.29, 0.717) is 0 Å². The van der Waals surface area contributed by atoms with Crippen LogP contribution in [0.25, 0.3) is 0 Å². The summed E-state index contributed by atoms with van der Waals surface area (Å²) in [6.07, 6.45) is 4.73. The smallest absolute Gasteiger partial charge is 0.0729 e. The third kappa shape index (κ3) is 2.01. The van der Waals surface area contributed by atoms with Gasteiger partial charge in [0, 0.05) is 10.4 Å². The first-order valence-corrected chi connectivity index (χ1v) is 4.93. The molecular weight excluding hydrogens is 235 g/mol. The first-order valence-electron chi connectivity index (χ1n) is 2.99. The fourth-order valence-electron chi connectivity index (χ4n) is 0.797. The summed E-state index contributed by atoms with van der Waals surface area (Å²) in [6.45, 7) is 0. The van der Waals surface area contributed by atoms with Crippen molar-refractivity contribution in [3.63, 3.8) is 0 Å². The second kappa shape index (κ2) is 3.80. The monoisotopic (exact) mass is 240 g/mol. The molecule has 0 aromatic rings. The molecule has 1 unspecified atom stereocenters. The van der Waals surface area contributed by atoms with Crippen LogP contribution in [0, 0.1) is 0 Å². The molecule has 0 fully saturated rings. The third-order valence-corrected chi connectivity index (χ3v) is 3.00. The van der Waals surface area contributed by atoms with Crippen molar-refractivity contribution in [3.8, 4) is 0 Å². The molecule has 0 saturated heterocycles. The average Bonchev–Trinajstić information content (AvgIpc) is 1.95. The Morgan fingerprint density at radius 3 is 2.80 bits per heavy atom. The Morgan fingerprint density at radius 2 is 2.30 bits per heavy atom. The van der Waals surface area contributed by atoms with Gasteiger partial charge in [-0.25, -0.2) is 0 Å². The molecule has 0 heterocycles. The van der Waals surface area contributed by atoms with Crippen LogP contribution in [0.3, 0.4) is 0 Å². The summed E-state index contributed by atoms with van der Waals surface area (Å²) in [4.78, 5) is 0. The number of allylic oxidation sites excluding steroid dienone is 4. The maximum atomic E-state index is 5.88. The zero-order valence-corrected chi connectivity index (χ0v) is 8.38. The van der Waals surface area contributed by atoms with Crippen LogP contribution < -0.4 is 0 Å². The molecule has 10 heavy (non-hydrogen) atoms. The lowest BCUT2D eigenvalue weighted by atomic mass is 10.1. The van der Waals surface area contributed by atoms with Crippen molar-refractivity contribution < 1.29 is 0 Å². The summed E-state index contributed by atoms with van der Waals surface area (Å²) in [5, 5.41) is 1.61. The van der Waals surface area contributed by atoms with Gasteiger partial charge in [-0.1, -0.05) is 39.2 Å². The Morgan fingerprint density at radius 1 is 1.60 bits per heavy atom. The molecule has 0 aliphatic heterocycles. The van der Waals surface area contributed by atoms with Gasteiger partial charge in [-0.2, -0.15) is 0 Å². The Labute approximate surface area is 79.0 Å². The standard InChI is InChI=1S/C7H7BrCl2/c8-4-5-1-2-6(9)7(10)3-5/h1-2,7H,3-4H2. The molecule has 0 aromatic heterocycles. The van der Waals surface area contributed by atoms with E-state index in [1.54, 1.807) is 0 Å². The van der Waals surface area contributed by atoms with Crippen molar-refractivity contribution >= 4 is 39.1 Å². The lowest BCUT2D eigenvalue weighted by Crippen LogP contribution is -2.05. The van der Waals surface area contributed by atoms with Crippen molar-refractivity contribution in [2.24, 2.45) is 0 Å². The number of rotatable bonds is 1. The van der Waals surface area contributed by atoms with E-state index < -0.39 is 0 Å². The van der Waals surface area contributed by atoms with E-state index in [9.17, 15) is 0 Å². The molecule has 3 heteroatoms. The van der Waals surface area contributed by atoms with E-state index in [1.165, 1.54) is 5.57 Å². The van der Waals surface area contributed by atoms with Gasteiger partial charge in [0.1, 0.15) is 0 Å². The highest BCUT2D eigenvalue weighted by molar-refractivity contribution is 9.09. The molecule has 1 aliphatic carbocycles. The van der Waals surface area contributed by atoms with E-state index in [1.807, 2.05) is 12.2 Å². The highest BCUT2D eigenvalue weighted by Crippen LogP contribution is 2.26. The van der Waals surface area contributed by atoms with Crippen molar-refractivity contribution in [1.82, 2.24) is 0 Å². The summed E-state index contributed by atoms with van der Waals surface area (Å²) in [5.74, 6) is 0. The molecule has 0 aromatic carbocycles. The number of halogens is 3. The average molecular weight is 242 g/mol. The summed E-state index contributed by atoms with van der Waals surface area (Å²) >= 11 is 15.0. The van der Waals surface area contributed by atoms with Gasteiger partial charge >= 0.3 is 0 Å². The molecule has 0 radical (unpaired) electrons. The first kappa shape index (κ1) is 8.63. The van der Waals surface area contributed by atoms with Crippen molar-refractivity contribution in [3.05, 3.63) is 22.8 Å². The molecule has 0 nitrogen and oxygen atoms in total. The predicted octanol–water partition coefficient (Wildman–Crippen LogP) is 3.44. The summed E-state index contributed by atoms with van der Waals surface area (Å²) < 4.78 is 0. The second-order valence-electron chi connectivity index (χ2n) is 2.18. The second-order valence-corrected chi connectivity index (χ2v) is 3.71. The molecule has 1 atom stereocenters. The van der Waals surface area contributed by atoms with Gasteiger partial charge in [-0.05, 0) is 12.5 Å². The minimum Gasteiger partial charge on any atom is -0.116 e. The van der Waals surface area contributed by atoms with E-state index in [2.05, 4.69) is 15.9 Å². The molecule has 1 rings (SSSR count). The number of hydrogen-bond donors (Lipinski definition) is 0. The topological polar surface area (TPSA) is 0 Å². The Hall–Kier alpha value is 0.540. The molecule has 0 saturated carbocycles. The van der Waals surface area contributed by atoms with Crippen LogP contribution >= 0.6 is 39.1 Å². The van der Waals surface area contributed by atoms with Crippen LogP contribution in [0.15, 0.2) is 22.8 Å². The summed E-state index contributed by atoms with van der Waals surface area (Å²) in [5.41, 5.74) is 1.30. The Kier molecular flexibility index (Phi) is 3.28. The highest BCUT2D eigenvalue weighted by atomic mass is 79.9. The third-order valence-electron chi connectivity index (χ3n) is 1.39. The van der Waals surface area contributed by atoms with Crippen LogP contribution in [0.2, 0.25) is 0 Å². The molecule has 0 bridgehead atoms. The highest BCUT2D eigenvalue weighted by Gasteiger charge is 2.13. The van der Waals surface area contributed by atoms with Gasteiger partial charge in [0.25, 0.3) is 0 Å². The zero-order valence-electron chi connectivity index (χ0n) is 5.28. The van der Waals surface area contributed by atoms with Crippen molar-refractivity contribution in [1.29, 1.82) is 0 Å². The predicted molar refractivity (Wildman–Crippen MR) is 50.1 cm³/mol. The Bertz CT molecular complexity index is 184. The van der Waals surface area contributed by atoms with Gasteiger partial charge in [0.15, 0.2) is 0 Å². The van der Waals surface area contributed by atoms with Crippen LogP contribution in [-0.4, -0.2) is 10.7 Å². The van der Waals surface area contributed by atoms with Gasteiger partial charge in [0.2, 0.25) is 0 Å². The molecule has 0 spiro atoms. The number of hydrogen-bond acceptors (Lipinski definition) is 0. The van der Waals surface area contributed by atoms with Gasteiger partial charge in [0.05, 0.1) is 5.38 Å². The molecule has 1 aliphatic rings. The lowest BCUT2D eigenvalue weighted by molar-refractivity contribution is 0.961. The quantitative estimate of drug-likeness (QED) is 0.617. The van der Waals surface area contributed by atoms with Crippen LogP contribution in [-0.2, 0) is 0 Å². The first-order chi connectivity index (χ1) is 4.74. The van der Waals surface area contributed by atoms with E-state index in [0.717, 1.165) is 16.8 Å². The minimum absolute atomic E-state index is 0.0146. The normalized spacial score (nSPS) is 25.7. The number of alkyl halides is 2. The Balaban J connectivity index is 2.68. The molecule has 0 N–H and O–H groups in total. The fraction of sp³-hybridized carbons (Fsp3) is 0.429. The van der Waals surface area contributed by atoms with Gasteiger partial charge in [-0.15, -0.1) is 11.6 Å². The molecular formula is C7H7BrCl2. The van der Waals surface area contributed by atoms with Crippen LogP contribution in [0.1, 0.15) is 6.42 Å². The fourth-order valence-corrected chi connectivity index (χ4v) is 1.62.